The Labute approximate surface area is 315 Å². The molecule has 0 aliphatic carbocycles. The highest BCUT2D eigenvalue weighted by molar-refractivity contribution is 7.31. The number of aromatic nitrogens is 3. The Morgan fingerprint density at radius 1 is 0.302 bits per heavy atom. The lowest BCUT2D eigenvalue weighted by molar-refractivity contribution is 1.32. The number of hydrogen-bond donors (Lipinski definition) is 1. The van der Waals surface area contributed by atoms with E-state index in [9.17, 15) is 0 Å². The maximum atomic E-state index is 5.41. The molecule has 53 heavy (non-hydrogen) atoms. The van der Waals surface area contributed by atoms with Crippen LogP contribution in [0.5, 0.6) is 0 Å². The van der Waals surface area contributed by atoms with E-state index in [4.69, 9.17) is 9.97 Å². The summed E-state index contributed by atoms with van der Waals surface area (Å²) in [5, 5.41) is 0. The van der Waals surface area contributed by atoms with Crippen LogP contribution in [0.3, 0.4) is 0 Å². The highest BCUT2D eigenvalue weighted by Crippen LogP contribution is 2.41. The standard InChI is InChI=1S/C48H31N3S2/c1-5-13-31(14-6-1)45-35-21-22-36(49-35)46(32-15-7-2-8-16-32)38-24-26-40(51-38)48(34-19-11-4-12-20-34)44-30-28-42(53-44)41-27-29-43(52-41)47(33-17-9-3-10-18-33)39-25-23-37(45)50-39/h1-30,49H. The zero-order valence-corrected chi connectivity index (χ0v) is 30.2. The summed E-state index contributed by atoms with van der Waals surface area (Å²) in [5.74, 6) is 0. The maximum Gasteiger partial charge on any atom is 0.0737 e. The van der Waals surface area contributed by atoms with Gasteiger partial charge in [0, 0.05) is 52.1 Å². The van der Waals surface area contributed by atoms with Gasteiger partial charge in [-0.1, -0.05) is 121 Å². The Bertz CT molecular complexity index is 2720. The summed E-state index contributed by atoms with van der Waals surface area (Å²) in [4.78, 5) is 14.7. The number of benzene rings is 4. The molecule has 5 heteroatoms. The first-order valence-electron chi connectivity index (χ1n) is 17.7. The Hall–Kier alpha value is -6.40. The summed E-state index contributed by atoms with van der Waals surface area (Å²) in [6.45, 7) is 0. The zero-order chi connectivity index (χ0) is 35.1. The van der Waals surface area contributed by atoms with Crippen LogP contribution in [0, 0.1) is 0 Å². The van der Waals surface area contributed by atoms with E-state index >= 15 is 0 Å². The van der Waals surface area contributed by atoms with Crippen LogP contribution >= 0.6 is 22.7 Å². The molecule has 10 rings (SSSR count). The quantitative estimate of drug-likeness (QED) is 0.197. The van der Waals surface area contributed by atoms with Crippen LogP contribution in [0.2, 0.25) is 0 Å². The van der Waals surface area contributed by atoms with Gasteiger partial charge in [0.2, 0.25) is 0 Å². The van der Waals surface area contributed by atoms with Crippen molar-refractivity contribution >= 4 is 76.8 Å². The van der Waals surface area contributed by atoms with Crippen LogP contribution in [0.15, 0.2) is 158 Å². The summed E-state index contributed by atoms with van der Waals surface area (Å²) >= 11 is 3.63. The van der Waals surface area contributed by atoms with E-state index in [1.54, 1.807) is 0 Å². The molecule has 4 aromatic carbocycles. The Morgan fingerprint density at radius 2 is 0.604 bits per heavy atom. The van der Waals surface area contributed by atoms with Crippen molar-refractivity contribution in [1.29, 1.82) is 0 Å². The smallest absolute Gasteiger partial charge is 0.0737 e. The molecule has 0 fully saturated rings. The van der Waals surface area contributed by atoms with Gasteiger partial charge >= 0.3 is 0 Å². The lowest BCUT2D eigenvalue weighted by Crippen LogP contribution is -1.88. The molecule has 0 atom stereocenters. The molecule has 0 unspecified atom stereocenters. The van der Waals surface area contributed by atoms with Gasteiger partial charge in [0.05, 0.1) is 22.8 Å². The largest absolute Gasteiger partial charge is 0.354 e. The number of hydrogen-bond acceptors (Lipinski definition) is 4. The molecule has 0 saturated heterocycles. The van der Waals surface area contributed by atoms with Gasteiger partial charge in [0.1, 0.15) is 0 Å². The van der Waals surface area contributed by atoms with Crippen LogP contribution in [0.1, 0.15) is 22.8 Å². The Kier molecular flexibility index (Phi) is 7.86. The summed E-state index contributed by atoms with van der Waals surface area (Å²) < 4.78 is 4.83. The second-order valence-electron chi connectivity index (χ2n) is 13.0. The second-order valence-corrected chi connectivity index (χ2v) is 15.2. The van der Waals surface area contributed by atoms with E-state index in [2.05, 4.69) is 187 Å². The fourth-order valence-electron chi connectivity index (χ4n) is 7.31. The van der Waals surface area contributed by atoms with Gasteiger partial charge in [-0.2, -0.15) is 0 Å². The number of nitrogens with one attached hydrogen (secondary N) is 1. The van der Waals surface area contributed by atoms with Crippen molar-refractivity contribution < 1.29 is 0 Å². The molecule has 3 nitrogen and oxygen atoms in total. The monoisotopic (exact) mass is 713 g/mol. The lowest BCUT2D eigenvalue weighted by atomic mass is 10.0. The molecule has 250 valence electrons. The van der Waals surface area contributed by atoms with Crippen molar-refractivity contribution in [2.24, 2.45) is 0 Å². The van der Waals surface area contributed by atoms with E-state index in [1.807, 2.05) is 22.7 Å². The van der Waals surface area contributed by atoms with E-state index in [-0.39, 0.29) is 0 Å². The van der Waals surface area contributed by atoms with Gasteiger partial charge in [0.15, 0.2) is 0 Å². The van der Waals surface area contributed by atoms with Crippen molar-refractivity contribution in [2.45, 2.75) is 0 Å². The van der Waals surface area contributed by atoms with Crippen molar-refractivity contribution in [2.75, 3.05) is 0 Å². The minimum Gasteiger partial charge on any atom is -0.354 e. The summed E-state index contributed by atoms with van der Waals surface area (Å²) in [6, 6.07) is 55.8. The SMILES string of the molecule is C1=Cc2nc1c(-c1ccccc1)c1ccc([nH]1)c(-c1ccccc1)c1nc(c(-c3ccccc3)c3ccc(s3)c3ccc(s3)c2-c2ccccc2)C=C1. The molecule has 2 aliphatic heterocycles. The summed E-state index contributed by atoms with van der Waals surface area (Å²) in [7, 11) is 0. The molecular weight excluding hydrogens is 683 g/mol. The third-order valence-corrected chi connectivity index (χ3v) is 12.1. The fourth-order valence-corrected chi connectivity index (χ4v) is 9.57. The highest BCUT2D eigenvalue weighted by atomic mass is 32.1. The first-order chi connectivity index (χ1) is 26.3. The van der Waals surface area contributed by atoms with E-state index in [1.165, 1.54) is 18.8 Å². The molecule has 0 saturated carbocycles. The van der Waals surface area contributed by atoms with Crippen LogP contribution < -0.4 is 0 Å². The third-order valence-electron chi connectivity index (χ3n) is 9.73. The minimum absolute atomic E-state index is 0.919. The molecular formula is C48H31N3S2. The number of fused-ring (bicyclic) bond motifs is 11. The van der Waals surface area contributed by atoms with Gasteiger partial charge in [-0.05, 0) is 83.0 Å². The number of thiophene rings is 2. The molecule has 6 heterocycles. The molecule has 2 aliphatic rings. The van der Waals surface area contributed by atoms with Crippen molar-refractivity contribution in [3.63, 3.8) is 0 Å². The minimum atomic E-state index is 0.919. The second kappa shape index (κ2) is 13.3. The van der Waals surface area contributed by atoms with Gasteiger partial charge in [-0.3, -0.25) is 0 Å². The van der Waals surface area contributed by atoms with Crippen molar-refractivity contribution in [1.82, 2.24) is 15.0 Å². The van der Waals surface area contributed by atoms with Gasteiger partial charge in [0.25, 0.3) is 0 Å². The first-order valence-corrected chi connectivity index (χ1v) is 19.3. The molecule has 0 radical (unpaired) electrons. The predicted molar refractivity (Wildman–Crippen MR) is 228 cm³/mol. The molecule has 8 aromatic rings. The Morgan fingerprint density at radius 3 is 0.962 bits per heavy atom. The van der Waals surface area contributed by atoms with Gasteiger partial charge < -0.3 is 4.98 Å². The molecule has 10 bridgehead atoms. The normalized spacial score (nSPS) is 12.0. The van der Waals surface area contributed by atoms with Crippen LogP contribution in [0.25, 0.3) is 98.6 Å². The number of rotatable bonds is 4. The number of nitrogens with zero attached hydrogens (tertiary/aromatic N) is 2. The molecule has 0 amide bonds. The lowest BCUT2D eigenvalue weighted by Gasteiger charge is -2.06. The van der Waals surface area contributed by atoms with Crippen LogP contribution in [0.4, 0.5) is 0 Å². The number of aromatic amines is 1. The van der Waals surface area contributed by atoms with E-state index < -0.39 is 0 Å². The highest BCUT2D eigenvalue weighted by Gasteiger charge is 2.18. The van der Waals surface area contributed by atoms with Crippen LogP contribution in [-0.4, -0.2) is 15.0 Å². The average Bonchev–Trinajstić information content (AvgIpc) is 4.07. The fraction of sp³-hybridized carbons (Fsp3) is 0. The third kappa shape index (κ3) is 5.77. The van der Waals surface area contributed by atoms with E-state index in [0.29, 0.717) is 0 Å². The van der Waals surface area contributed by atoms with Crippen molar-refractivity contribution in [3.05, 3.63) is 181 Å². The summed E-state index contributed by atoms with van der Waals surface area (Å²) in [5.41, 5.74) is 14.6. The Balaban J connectivity index is 1.39. The average molecular weight is 714 g/mol. The zero-order valence-electron chi connectivity index (χ0n) is 28.5. The summed E-state index contributed by atoms with van der Waals surface area (Å²) in [6.07, 6.45) is 8.66. The molecule has 4 aromatic heterocycles. The topological polar surface area (TPSA) is 41.6 Å². The molecule has 0 spiro atoms. The first kappa shape index (κ1) is 31.3. The molecule has 1 N–H and O–H groups in total. The van der Waals surface area contributed by atoms with Crippen LogP contribution in [-0.2, 0) is 0 Å². The van der Waals surface area contributed by atoms with Gasteiger partial charge in [-0.15, -0.1) is 22.7 Å². The predicted octanol–water partition coefficient (Wildman–Crippen LogP) is 13.8. The van der Waals surface area contributed by atoms with E-state index in [0.717, 1.165) is 78.3 Å². The maximum absolute atomic E-state index is 5.41. The number of H-pyrrole nitrogens is 1. The van der Waals surface area contributed by atoms with Gasteiger partial charge in [-0.25, -0.2) is 9.97 Å². The van der Waals surface area contributed by atoms with Crippen molar-refractivity contribution in [3.8, 4) is 44.5 Å².